The van der Waals surface area contributed by atoms with Crippen LogP contribution in [0.1, 0.15) is 46.1 Å². The molecule has 0 spiro atoms. The molecule has 1 saturated heterocycles. The Labute approximate surface area is 276 Å². The first-order valence-electron chi connectivity index (χ1n) is 16.7. The zero-order chi connectivity index (χ0) is 33.6. The largest absolute Gasteiger partial charge is 0.491 e. The van der Waals surface area contributed by atoms with E-state index >= 15 is 0 Å². The van der Waals surface area contributed by atoms with E-state index in [-0.39, 0.29) is 18.5 Å². The average Bonchev–Trinajstić information content (AvgIpc) is 3.03. The summed E-state index contributed by atoms with van der Waals surface area (Å²) in [6.07, 6.45) is 2.29. The van der Waals surface area contributed by atoms with Gasteiger partial charge in [-0.05, 0) is 64.7 Å². The van der Waals surface area contributed by atoms with Crippen LogP contribution in [0.3, 0.4) is 0 Å². The number of aryl methyl sites for hydroxylation is 1. The van der Waals surface area contributed by atoms with E-state index in [2.05, 4.69) is 32.6 Å². The van der Waals surface area contributed by atoms with Crippen LogP contribution in [0.2, 0.25) is 0 Å². The lowest BCUT2D eigenvalue weighted by atomic mass is 10.0. The SMILES string of the molecule is CCOCCOCCOc1ccc(CCC[C@@H](C(=O)OC)N2CCNCCNCCN([C@H](COC(C)(C)C)C(=O)OC)CC2)cc1. The van der Waals surface area contributed by atoms with Gasteiger partial charge >= 0.3 is 11.9 Å². The number of nitrogens with zero attached hydrogens (tertiary/aromatic N) is 2. The molecule has 0 unspecified atom stereocenters. The van der Waals surface area contributed by atoms with Crippen molar-refractivity contribution >= 4 is 11.9 Å². The Balaban J connectivity index is 2.02. The minimum absolute atomic E-state index is 0.226. The summed E-state index contributed by atoms with van der Waals surface area (Å²) < 4.78 is 33.1. The Morgan fingerprint density at radius 3 is 1.93 bits per heavy atom. The maximum absolute atomic E-state index is 13.1. The molecule has 12 heteroatoms. The number of benzene rings is 1. The van der Waals surface area contributed by atoms with Gasteiger partial charge in [0.05, 0.1) is 46.2 Å². The van der Waals surface area contributed by atoms with Crippen LogP contribution in [0.15, 0.2) is 24.3 Å². The number of esters is 2. The number of carbonyl (C=O) groups is 2. The van der Waals surface area contributed by atoms with E-state index < -0.39 is 17.7 Å². The first-order valence-corrected chi connectivity index (χ1v) is 16.7. The van der Waals surface area contributed by atoms with Crippen LogP contribution < -0.4 is 15.4 Å². The standard InChI is InChI=1S/C34H60N4O8/c1-7-43-23-24-44-25-26-45-29-13-11-28(12-14-29)9-8-10-30(32(39)41-5)37-19-17-35-15-16-36-18-20-38(22-21-37)31(33(40)42-6)27-46-34(2,3)4/h11-14,30-31,35-36H,7-10,15-27H2,1-6H3/t30-,31+/m0/s1. The van der Waals surface area contributed by atoms with Gasteiger partial charge in [0.2, 0.25) is 0 Å². The summed E-state index contributed by atoms with van der Waals surface area (Å²) in [5.41, 5.74) is 0.786. The van der Waals surface area contributed by atoms with Crippen LogP contribution >= 0.6 is 0 Å². The number of carbonyl (C=O) groups excluding carboxylic acids is 2. The molecule has 0 radical (unpaired) electrons. The lowest BCUT2D eigenvalue weighted by Gasteiger charge is -2.36. The van der Waals surface area contributed by atoms with Crippen LogP contribution in [-0.4, -0.2) is 146 Å². The third kappa shape index (κ3) is 16.5. The molecule has 1 fully saturated rings. The Kier molecular flexibility index (Phi) is 20.0. The van der Waals surface area contributed by atoms with Crippen LogP contribution in [0, 0.1) is 0 Å². The molecule has 0 amide bonds. The summed E-state index contributed by atoms with van der Waals surface area (Å²) >= 11 is 0. The molecule has 46 heavy (non-hydrogen) atoms. The summed E-state index contributed by atoms with van der Waals surface area (Å²) in [4.78, 5) is 30.3. The monoisotopic (exact) mass is 652 g/mol. The minimum Gasteiger partial charge on any atom is -0.491 e. The molecule has 0 aliphatic carbocycles. The predicted molar refractivity (Wildman–Crippen MR) is 178 cm³/mol. The Hall–Kier alpha value is -2.32. The van der Waals surface area contributed by atoms with Crippen LogP contribution in [-0.2, 0) is 39.7 Å². The number of ether oxygens (including phenoxy) is 6. The maximum Gasteiger partial charge on any atom is 0.325 e. The van der Waals surface area contributed by atoms with Crippen LogP contribution in [0.25, 0.3) is 0 Å². The molecule has 0 bridgehead atoms. The highest BCUT2D eigenvalue weighted by Gasteiger charge is 2.31. The first-order chi connectivity index (χ1) is 22.2. The van der Waals surface area contributed by atoms with Gasteiger partial charge < -0.3 is 39.1 Å². The molecule has 2 atom stereocenters. The third-order valence-electron chi connectivity index (χ3n) is 7.75. The van der Waals surface area contributed by atoms with Gasteiger partial charge in [-0.3, -0.25) is 19.4 Å². The van der Waals surface area contributed by atoms with Gasteiger partial charge in [0, 0.05) is 59.0 Å². The maximum atomic E-state index is 13.1. The molecule has 1 heterocycles. The van der Waals surface area contributed by atoms with Gasteiger partial charge in [0.25, 0.3) is 0 Å². The van der Waals surface area contributed by atoms with E-state index in [9.17, 15) is 9.59 Å². The molecular weight excluding hydrogens is 592 g/mol. The number of methoxy groups -OCH3 is 2. The molecule has 2 N–H and O–H groups in total. The smallest absolute Gasteiger partial charge is 0.325 e. The van der Waals surface area contributed by atoms with E-state index in [4.69, 9.17) is 28.4 Å². The summed E-state index contributed by atoms with van der Waals surface area (Å²) in [5, 5.41) is 6.91. The number of rotatable bonds is 18. The second-order valence-corrected chi connectivity index (χ2v) is 12.3. The van der Waals surface area contributed by atoms with Crippen molar-refractivity contribution in [3.8, 4) is 5.75 Å². The molecule has 1 aliphatic heterocycles. The molecule has 0 aromatic heterocycles. The second-order valence-electron chi connectivity index (χ2n) is 12.3. The van der Waals surface area contributed by atoms with E-state index in [1.165, 1.54) is 19.8 Å². The average molecular weight is 653 g/mol. The van der Waals surface area contributed by atoms with Crippen LogP contribution in [0.5, 0.6) is 5.75 Å². The number of hydrogen-bond acceptors (Lipinski definition) is 12. The molecule has 0 saturated carbocycles. The quantitative estimate of drug-likeness (QED) is 0.179. The molecule has 12 nitrogen and oxygen atoms in total. The van der Waals surface area contributed by atoms with Gasteiger partial charge in [-0.1, -0.05) is 12.1 Å². The van der Waals surface area contributed by atoms with E-state index in [0.29, 0.717) is 65.6 Å². The van der Waals surface area contributed by atoms with Gasteiger partial charge in [-0.15, -0.1) is 0 Å². The number of hydrogen-bond donors (Lipinski definition) is 2. The Bertz CT molecular complexity index is 959. The van der Waals surface area contributed by atoms with Crippen molar-refractivity contribution in [3.63, 3.8) is 0 Å². The molecule has 1 aromatic carbocycles. The summed E-state index contributed by atoms with van der Waals surface area (Å²) in [6, 6.07) is 7.13. The normalized spacial score (nSPS) is 17.3. The zero-order valence-corrected chi connectivity index (χ0v) is 29.1. The fraction of sp³-hybridized carbons (Fsp3) is 0.765. The first kappa shape index (κ1) is 39.9. The summed E-state index contributed by atoms with van der Waals surface area (Å²) in [7, 11) is 2.86. The zero-order valence-electron chi connectivity index (χ0n) is 29.1. The minimum atomic E-state index is -0.551. The van der Waals surface area contributed by atoms with Crippen molar-refractivity contribution in [3.05, 3.63) is 29.8 Å². The summed E-state index contributed by atoms with van der Waals surface area (Å²) in [5.74, 6) is 0.235. The highest BCUT2D eigenvalue weighted by Crippen LogP contribution is 2.17. The highest BCUT2D eigenvalue weighted by molar-refractivity contribution is 5.76. The third-order valence-corrected chi connectivity index (χ3v) is 7.75. The fourth-order valence-corrected chi connectivity index (χ4v) is 5.18. The molecule has 2 rings (SSSR count). The van der Waals surface area contributed by atoms with E-state index in [1.54, 1.807) is 0 Å². The van der Waals surface area contributed by atoms with Crippen LogP contribution in [0.4, 0.5) is 0 Å². The lowest BCUT2D eigenvalue weighted by molar-refractivity contribution is -0.153. The van der Waals surface area contributed by atoms with Gasteiger partial charge in [0.1, 0.15) is 24.4 Å². The lowest BCUT2D eigenvalue weighted by Crippen LogP contribution is -2.54. The molecular formula is C34H60N4O8. The predicted octanol–water partition coefficient (Wildman–Crippen LogP) is 2.14. The molecule has 1 aliphatic rings. The fourth-order valence-electron chi connectivity index (χ4n) is 5.18. The van der Waals surface area contributed by atoms with Gasteiger partial charge in [0.15, 0.2) is 0 Å². The summed E-state index contributed by atoms with van der Waals surface area (Å²) in [6.45, 7) is 16.5. The van der Waals surface area contributed by atoms with Gasteiger partial charge in [-0.25, -0.2) is 0 Å². The van der Waals surface area contributed by atoms with Crippen molar-refractivity contribution in [2.75, 3.05) is 106 Å². The molecule has 1 aromatic rings. The number of nitrogens with one attached hydrogen (secondary N) is 2. The second kappa shape index (κ2) is 23.1. The van der Waals surface area contributed by atoms with Crippen molar-refractivity contribution in [1.82, 2.24) is 20.4 Å². The van der Waals surface area contributed by atoms with Crippen molar-refractivity contribution in [2.45, 2.75) is 64.6 Å². The van der Waals surface area contributed by atoms with Crippen molar-refractivity contribution in [2.24, 2.45) is 0 Å². The topological polar surface area (TPSA) is 120 Å². The van der Waals surface area contributed by atoms with E-state index in [0.717, 1.165) is 44.8 Å². The van der Waals surface area contributed by atoms with Gasteiger partial charge in [-0.2, -0.15) is 0 Å². The molecule has 264 valence electrons. The van der Waals surface area contributed by atoms with Crippen molar-refractivity contribution < 1.29 is 38.0 Å². The highest BCUT2D eigenvalue weighted by atomic mass is 16.5. The Morgan fingerprint density at radius 2 is 1.35 bits per heavy atom. The van der Waals surface area contributed by atoms with Crippen molar-refractivity contribution in [1.29, 1.82) is 0 Å². The Morgan fingerprint density at radius 1 is 0.783 bits per heavy atom. The van der Waals surface area contributed by atoms with E-state index in [1.807, 2.05) is 39.8 Å².